The van der Waals surface area contributed by atoms with Crippen LogP contribution in [-0.4, -0.2) is 14.8 Å². The van der Waals surface area contributed by atoms with Crippen molar-refractivity contribution in [2.45, 2.75) is 26.8 Å². The van der Waals surface area contributed by atoms with Crippen molar-refractivity contribution in [1.82, 2.24) is 14.8 Å². The average Bonchev–Trinajstić information content (AvgIpc) is 2.97. The van der Waals surface area contributed by atoms with Gasteiger partial charge in [-0.05, 0) is 67.3 Å². The van der Waals surface area contributed by atoms with Crippen LogP contribution in [0.15, 0.2) is 48.5 Å². The summed E-state index contributed by atoms with van der Waals surface area (Å²) < 4.78 is 15.2. The van der Waals surface area contributed by atoms with Crippen LogP contribution >= 0.6 is 0 Å². The molecule has 2 aromatic carbocycles. The smallest absolute Gasteiger partial charge is 0.226 e. The monoisotopic (exact) mass is 334 g/mol. The summed E-state index contributed by atoms with van der Waals surface area (Å²) in [4.78, 5) is 4.49. The molecule has 0 saturated heterocycles. The number of hydrogen-bond donors (Lipinski definition) is 1. The van der Waals surface area contributed by atoms with Crippen LogP contribution in [-0.2, 0) is 0 Å². The number of rotatable bonds is 2. The van der Waals surface area contributed by atoms with Crippen molar-refractivity contribution in [1.29, 1.82) is 0 Å². The van der Waals surface area contributed by atoms with E-state index in [2.05, 4.69) is 53.5 Å². The number of nitrogens with zero attached hydrogens (tertiary/aromatic N) is 3. The molecule has 25 heavy (non-hydrogen) atoms. The van der Waals surface area contributed by atoms with Crippen molar-refractivity contribution in [3.8, 4) is 0 Å². The van der Waals surface area contributed by atoms with Gasteiger partial charge in [-0.25, -0.2) is 9.07 Å². The fourth-order valence-corrected chi connectivity index (χ4v) is 3.07. The van der Waals surface area contributed by atoms with Gasteiger partial charge in [-0.1, -0.05) is 24.3 Å². The highest BCUT2D eigenvalue weighted by Crippen LogP contribution is 2.32. The molecular weight excluding hydrogens is 315 g/mol. The Labute approximate surface area is 146 Å². The Morgan fingerprint density at radius 2 is 1.76 bits per heavy atom. The highest BCUT2D eigenvalue weighted by atomic mass is 19.1. The third-order valence-corrected chi connectivity index (χ3v) is 4.60. The summed E-state index contributed by atoms with van der Waals surface area (Å²) >= 11 is 0. The van der Waals surface area contributed by atoms with Gasteiger partial charge in [-0.2, -0.15) is 10.1 Å². The SMILES string of the molecule is Cc1nc2n(n1)[C@@H](c1ccc(F)cc1)C=C(c1ccc(C)c(C)c1)N2. The molecule has 5 heteroatoms. The van der Waals surface area contributed by atoms with Crippen molar-refractivity contribution in [3.63, 3.8) is 0 Å². The predicted molar refractivity (Wildman–Crippen MR) is 96.8 cm³/mol. The maximum absolute atomic E-state index is 13.3. The number of aromatic nitrogens is 3. The fraction of sp³-hybridized carbons (Fsp3) is 0.200. The molecule has 1 atom stereocenters. The van der Waals surface area contributed by atoms with E-state index in [9.17, 15) is 4.39 Å². The van der Waals surface area contributed by atoms with Crippen molar-refractivity contribution >= 4 is 11.6 Å². The van der Waals surface area contributed by atoms with Gasteiger partial charge in [0.2, 0.25) is 5.95 Å². The first-order valence-corrected chi connectivity index (χ1v) is 8.26. The molecule has 1 aromatic heterocycles. The van der Waals surface area contributed by atoms with Crippen LogP contribution < -0.4 is 5.32 Å². The molecule has 0 amide bonds. The standard InChI is InChI=1S/C20H19FN4/c1-12-4-5-16(10-13(12)2)18-11-19(15-6-8-17(21)9-7-15)25-20(23-18)22-14(3)24-25/h4-11,19H,1-3H3,(H,22,23,24)/t19-/m1/s1. The molecule has 4 rings (SSSR count). The summed E-state index contributed by atoms with van der Waals surface area (Å²) in [5.41, 5.74) is 5.55. The Hall–Kier alpha value is -2.95. The van der Waals surface area contributed by atoms with E-state index in [1.807, 2.05) is 11.6 Å². The second-order valence-electron chi connectivity index (χ2n) is 6.43. The lowest BCUT2D eigenvalue weighted by Gasteiger charge is -2.24. The van der Waals surface area contributed by atoms with Gasteiger partial charge in [0.25, 0.3) is 0 Å². The maximum Gasteiger partial charge on any atom is 0.226 e. The second-order valence-corrected chi connectivity index (χ2v) is 6.43. The number of anilines is 1. The zero-order chi connectivity index (χ0) is 17.6. The average molecular weight is 334 g/mol. The molecule has 0 aliphatic carbocycles. The van der Waals surface area contributed by atoms with E-state index in [1.165, 1.54) is 23.3 Å². The van der Waals surface area contributed by atoms with Crippen LogP contribution in [0.5, 0.6) is 0 Å². The lowest BCUT2D eigenvalue weighted by atomic mass is 9.99. The van der Waals surface area contributed by atoms with E-state index in [0.29, 0.717) is 11.8 Å². The Bertz CT molecular complexity index is 970. The van der Waals surface area contributed by atoms with Crippen molar-refractivity contribution < 1.29 is 4.39 Å². The zero-order valence-electron chi connectivity index (χ0n) is 14.4. The first kappa shape index (κ1) is 15.6. The number of nitrogens with one attached hydrogen (secondary N) is 1. The van der Waals surface area contributed by atoms with Gasteiger partial charge in [-0.15, -0.1) is 0 Å². The van der Waals surface area contributed by atoms with Crippen molar-refractivity contribution in [2.24, 2.45) is 0 Å². The molecule has 126 valence electrons. The third kappa shape index (κ3) is 2.82. The lowest BCUT2D eigenvalue weighted by molar-refractivity contribution is 0.600. The molecule has 0 fully saturated rings. The summed E-state index contributed by atoms with van der Waals surface area (Å²) in [6.45, 7) is 6.07. The Morgan fingerprint density at radius 3 is 2.48 bits per heavy atom. The summed E-state index contributed by atoms with van der Waals surface area (Å²) in [5, 5.41) is 7.86. The summed E-state index contributed by atoms with van der Waals surface area (Å²) in [7, 11) is 0. The van der Waals surface area contributed by atoms with Gasteiger partial charge >= 0.3 is 0 Å². The predicted octanol–water partition coefficient (Wildman–Crippen LogP) is 4.40. The number of fused-ring (bicyclic) bond motifs is 1. The van der Waals surface area contributed by atoms with Gasteiger partial charge in [0.05, 0.1) is 0 Å². The molecule has 0 radical (unpaired) electrons. The quantitative estimate of drug-likeness (QED) is 0.755. The highest BCUT2D eigenvalue weighted by Gasteiger charge is 2.24. The first-order valence-electron chi connectivity index (χ1n) is 8.26. The third-order valence-electron chi connectivity index (χ3n) is 4.60. The first-order chi connectivity index (χ1) is 12.0. The van der Waals surface area contributed by atoms with E-state index in [1.54, 1.807) is 12.1 Å². The molecular formula is C20H19FN4. The summed E-state index contributed by atoms with van der Waals surface area (Å²) in [6, 6.07) is 12.8. The molecule has 0 spiro atoms. The molecule has 1 N–H and O–H groups in total. The number of allylic oxidation sites excluding steroid dienone is 1. The molecule has 2 heterocycles. The number of benzene rings is 2. The Morgan fingerprint density at radius 1 is 1.00 bits per heavy atom. The minimum absolute atomic E-state index is 0.130. The van der Waals surface area contributed by atoms with E-state index in [4.69, 9.17) is 0 Å². The normalized spacial score (nSPS) is 16.2. The van der Waals surface area contributed by atoms with Gasteiger partial charge in [-0.3, -0.25) is 0 Å². The van der Waals surface area contributed by atoms with E-state index >= 15 is 0 Å². The Kier molecular flexibility index (Phi) is 3.64. The van der Waals surface area contributed by atoms with E-state index in [0.717, 1.165) is 16.8 Å². The molecule has 1 aliphatic heterocycles. The topological polar surface area (TPSA) is 42.7 Å². The largest absolute Gasteiger partial charge is 0.324 e. The van der Waals surface area contributed by atoms with Crippen molar-refractivity contribution in [2.75, 3.05) is 5.32 Å². The molecule has 1 aliphatic rings. The lowest BCUT2D eigenvalue weighted by Crippen LogP contribution is -2.20. The molecule has 0 bridgehead atoms. The van der Waals surface area contributed by atoms with Crippen LogP contribution in [0.2, 0.25) is 0 Å². The fourth-order valence-electron chi connectivity index (χ4n) is 3.07. The minimum Gasteiger partial charge on any atom is -0.324 e. The van der Waals surface area contributed by atoms with Crippen LogP contribution in [0.4, 0.5) is 10.3 Å². The van der Waals surface area contributed by atoms with Gasteiger partial charge in [0, 0.05) is 5.70 Å². The maximum atomic E-state index is 13.3. The van der Waals surface area contributed by atoms with Gasteiger partial charge < -0.3 is 5.32 Å². The van der Waals surface area contributed by atoms with Gasteiger partial charge in [0.1, 0.15) is 17.7 Å². The number of halogens is 1. The Balaban J connectivity index is 1.83. The van der Waals surface area contributed by atoms with Gasteiger partial charge in [0.15, 0.2) is 0 Å². The van der Waals surface area contributed by atoms with Crippen LogP contribution in [0, 0.1) is 26.6 Å². The molecule has 4 nitrogen and oxygen atoms in total. The number of hydrogen-bond acceptors (Lipinski definition) is 3. The zero-order valence-corrected chi connectivity index (χ0v) is 14.4. The van der Waals surface area contributed by atoms with Crippen LogP contribution in [0.3, 0.4) is 0 Å². The molecule has 0 unspecified atom stereocenters. The van der Waals surface area contributed by atoms with Crippen molar-refractivity contribution in [3.05, 3.63) is 82.4 Å². The second kappa shape index (κ2) is 5.84. The van der Waals surface area contributed by atoms with Crippen LogP contribution in [0.1, 0.15) is 34.1 Å². The van der Waals surface area contributed by atoms with E-state index in [-0.39, 0.29) is 11.9 Å². The van der Waals surface area contributed by atoms with E-state index < -0.39 is 0 Å². The number of aryl methyl sites for hydroxylation is 3. The highest BCUT2D eigenvalue weighted by molar-refractivity contribution is 5.77. The molecule has 0 saturated carbocycles. The summed E-state index contributed by atoms with van der Waals surface area (Å²) in [5.74, 6) is 1.15. The van der Waals surface area contributed by atoms with Crippen LogP contribution in [0.25, 0.3) is 5.70 Å². The summed E-state index contributed by atoms with van der Waals surface area (Å²) in [6.07, 6.45) is 2.11. The molecule has 3 aromatic rings. The minimum atomic E-state index is -0.244.